The van der Waals surface area contributed by atoms with Crippen molar-refractivity contribution in [2.24, 2.45) is 11.8 Å². The van der Waals surface area contributed by atoms with Gasteiger partial charge < -0.3 is 5.11 Å². The highest BCUT2D eigenvalue weighted by molar-refractivity contribution is 7.89. The van der Waals surface area contributed by atoms with Gasteiger partial charge >= 0.3 is 5.97 Å². The summed E-state index contributed by atoms with van der Waals surface area (Å²) >= 11 is 1.49. The first kappa shape index (κ1) is 18.3. The predicted molar refractivity (Wildman–Crippen MR) is 97.4 cm³/mol. The van der Waals surface area contributed by atoms with Crippen molar-refractivity contribution in [3.63, 3.8) is 0 Å². The smallest absolute Gasteiger partial charge is 0.308 e. The van der Waals surface area contributed by atoms with Crippen LogP contribution in [0.2, 0.25) is 0 Å². The molecule has 0 spiro atoms. The van der Waals surface area contributed by atoms with Gasteiger partial charge in [-0.15, -0.1) is 11.3 Å². The van der Waals surface area contributed by atoms with E-state index in [1.807, 2.05) is 0 Å². The molecule has 1 aliphatic rings. The molecule has 1 aromatic carbocycles. The second-order valence-electron chi connectivity index (χ2n) is 7.64. The second kappa shape index (κ2) is 6.03. The third-order valence-corrected chi connectivity index (χ3v) is 7.81. The number of carboxylic acids is 1. The maximum atomic E-state index is 12.9. The van der Waals surface area contributed by atoms with Gasteiger partial charge in [0.05, 0.1) is 26.0 Å². The molecule has 3 rings (SSSR count). The molecule has 1 fully saturated rings. The van der Waals surface area contributed by atoms with Crippen LogP contribution in [-0.2, 0) is 20.2 Å². The van der Waals surface area contributed by atoms with E-state index in [1.165, 1.54) is 15.6 Å². The minimum atomic E-state index is -3.71. The number of aromatic nitrogens is 1. The number of hydrogen-bond donors (Lipinski definition) is 1. The fourth-order valence-corrected chi connectivity index (χ4v) is 5.71. The Morgan fingerprint density at radius 3 is 2.56 bits per heavy atom. The van der Waals surface area contributed by atoms with E-state index in [1.54, 1.807) is 25.1 Å². The van der Waals surface area contributed by atoms with Gasteiger partial charge in [0.1, 0.15) is 0 Å². The van der Waals surface area contributed by atoms with Gasteiger partial charge in [0, 0.05) is 18.5 Å². The van der Waals surface area contributed by atoms with E-state index < -0.39 is 21.9 Å². The minimum absolute atomic E-state index is 0.0206. The molecule has 0 unspecified atom stereocenters. The zero-order valence-corrected chi connectivity index (χ0v) is 16.3. The number of nitrogens with zero attached hydrogens (tertiary/aromatic N) is 2. The average Bonchev–Trinajstić information content (AvgIpc) is 3.09. The lowest BCUT2D eigenvalue weighted by Gasteiger charge is -2.16. The molecule has 0 radical (unpaired) electrons. The zero-order chi connectivity index (χ0) is 18.6. The fourth-order valence-electron chi connectivity index (χ4n) is 2.98. The first-order valence-electron chi connectivity index (χ1n) is 8.14. The van der Waals surface area contributed by atoms with Crippen LogP contribution < -0.4 is 0 Å². The van der Waals surface area contributed by atoms with Gasteiger partial charge in [-0.25, -0.2) is 13.4 Å². The highest BCUT2D eigenvalue weighted by Gasteiger charge is 2.40. The Kier molecular flexibility index (Phi) is 4.41. The summed E-state index contributed by atoms with van der Waals surface area (Å²) in [4.78, 5) is 16.0. The number of benzene rings is 1. The monoisotopic (exact) mass is 382 g/mol. The topological polar surface area (TPSA) is 87.6 Å². The van der Waals surface area contributed by atoms with Crippen LogP contribution in [0.1, 0.15) is 32.7 Å². The van der Waals surface area contributed by atoms with Gasteiger partial charge in [0.15, 0.2) is 0 Å². The summed E-state index contributed by atoms with van der Waals surface area (Å²) in [5.41, 5.74) is 0.689. The molecule has 6 nitrogen and oxygen atoms in total. The summed E-state index contributed by atoms with van der Waals surface area (Å²) in [6.45, 7) is 8.23. The molecule has 1 aromatic heterocycles. The summed E-state index contributed by atoms with van der Waals surface area (Å²) in [5, 5.41) is 10.2. The van der Waals surface area contributed by atoms with E-state index in [-0.39, 0.29) is 29.3 Å². The van der Waals surface area contributed by atoms with Gasteiger partial charge in [0.25, 0.3) is 0 Å². The molecule has 0 amide bonds. The molecule has 2 aromatic rings. The molecule has 136 valence electrons. The van der Waals surface area contributed by atoms with E-state index >= 15 is 0 Å². The number of carbonyl (C=O) groups is 1. The van der Waals surface area contributed by atoms with Crippen LogP contribution >= 0.6 is 11.3 Å². The molecule has 2 atom stereocenters. The Balaban J connectivity index is 1.96. The Morgan fingerprint density at radius 2 is 2.00 bits per heavy atom. The minimum Gasteiger partial charge on any atom is -0.481 e. The molecular formula is C17H22N2O4S2. The first-order chi connectivity index (χ1) is 11.5. The molecule has 0 bridgehead atoms. The van der Waals surface area contributed by atoms with Crippen LogP contribution in [0.3, 0.4) is 0 Å². The SMILES string of the molecule is C[C@@H]1CN(S(=O)(=O)c2ccc3nc(C(C)(C)C)sc3c2)C[C@H]1C(=O)O. The van der Waals surface area contributed by atoms with Gasteiger partial charge in [0.2, 0.25) is 10.0 Å². The quantitative estimate of drug-likeness (QED) is 0.882. The van der Waals surface area contributed by atoms with E-state index in [0.717, 1.165) is 15.2 Å². The Hall–Kier alpha value is -1.51. The number of aliphatic carboxylic acids is 1. The summed E-state index contributed by atoms with van der Waals surface area (Å²) in [6.07, 6.45) is 0. The summed E-state index contributed by atoms with van der Waals surface area (Å²) in [6, 6.07) is 4.93. The van der Waals surface area contributed by atoms with Crippen LogP contribution in [0, 0.1) is 11.8 Å². The maximum absolute atomic E-state index is 12.9. The van der Waals surface area contributed by atoms with Crippen LogP contribution in [0.5, 0.6) is 0 Å². The summed E-state index contributed by atoms with van der Waals surface area (Å²) < 4.78 is 27.9. The highest BCUT2D eigenvalue weighted by Crippen LogP contribution is 2.34. The van der Waals surface area contributed by atoms with Crippen LogP contribution in [0.25, 0.3) is 10.2 Å². The zero-order valence-electron chi connectivity index (χ0n) is 14.7. The number of thiazole rings is 1. The molecule has 0 saturated carbocycles. The van der Waals surface area contributed by atoms with Crippen LogP contribution in [-0.4, -0.2) is 41.9 Å². The third-order valence-electron chi connectivity index (χ3n) is 4.54. The van der Waals surface area contributed by atoms with Crippen LogP contribution in [0.15, 0.2) is 23.1 Å². The van der Waals surface area contributed by atoms with Crippen molar-refractivity contribution in [2.75, 3.05) is 13.1 Å². The van der Waals surface area contributed by atoms with Gasteiger partial charge in [-0.1, -0.05) is 27.7 Å². The summed E-state index contributed by atoms with van der Waals surface area (Å²) in [5.74, 6) is -1.81. The molecule has 8 heteroatoms. The lowest BCUT2D eigenvalue weighted by molar-refractivity contribution is -0.142. The van der Waals surface area contributed by atoms with Crippen molar-refractivity contribution in [3.8, 4) is 0 Å². The molecule has 1 N–H and O–H groups in total. The van der Waals surface area contributed by atoms with Crippen molar-refractivity contribution in [1.29, 1.82) is 0 Å². The number of fused-ring (bicyclic) bond motifs is 1. The third kappa shape index (κ3) is 3.30. The molecule has 25 heavy (non-hydrogen) atoms. The van der Waals surface area contributed by atoms with Crippen molar-refractivity contribution < 1.29 is 18.3 Å². The second-order valence-corrected chi connectivity index (χ2v) is 10.6. The van der Waals surface area contributed by atoms with E-state index in [0.29, 0.717) is 0 Å². The predicted octanol–water partition coefficient (Wildman–Crippen LogP) is 2.94. The Morgan fingerprint density at radius 1 is 1.32 bits per heavy atom. The van der Waals surface area contributed by atoms with Gasteiger partial charge in [-0.3, -0.25) is 4.79 Å². The number of carboxylic acid groups (broad SMARTS) is 1. The van der Waals surface area contributed by atoms with Crippen molar-refractivity contribution >= 4 is 37.5 Å². The van der Waals surface area contributed by atoms with Crippen molar-refractivity contribution in [3.05, 3.63) is 23.2 Å². The maximum Gasteiger partial charge on any atom is 0.308 e. The number of hydrogen-bond acceptors (Lipinski definition) is 5. The largest absolute Gasteiger partial charge is 0.481 e. The molecule has 1 aliphatic heterocycles. The summed E-state index contributed by atoms with van der Waals surface area (Å²) in [7, 11) is -3.71. The van der Waals surface area contributed by atoms with Crippen LogP contribution in [0.4, 0.5) is 0 Å². The molecular weight excluding hydrogens is 360 g/mol. The first-order valence-corrected chi connectivity index (χ1v) is 10.4. The van der Waals surface area contributed by atoms with Gasteiger partial charge in [-0.05, 0) is 24.1 Å². The molecule has 1 saturated heterocycles. The lowest BCUT2D eigenvalue weighted by atomic mass is 9.98. The van der Waals surface area contributed by atoms with Crippen molar-refractivity contribution in [2.45, 2.75) is 38.0 Å². The van der Waals surface area contributed by atoms with E-state index in [4.69, 9.17) is 0 Å². The fraction of sp³-hybridized carbons (Fsp3) is 0.529. The van der Waals surface area contributed by atoms with E-state index in [2.05, 4.69) is 25.8 Å². The van der Waals surface area contributed by atoms with Gasteiger partial charge in [-0.2, -0.15) is 4.31 Å². The van der Waals surface area contributed by atoms with Crippen molar-refractivity contribution in [1.82, 2.24) is 9.29 Å². The standard InChI is InChI=1S/C17H22N2O4S2/c1-10-8-19(9-12(10)15(20)21)25(22,23)11-5-6-13-14(7-11)24-16(18-13)17(2,3)4/h5-7,10,12H,8-9H2,1-4H3,(H,20,21)/t10-,12-/m1/s1. The normalized spacial score (nSPS) is 22.6. The highest BCUT2D eigenvalue weighted by atomic mass is 32.2. The number of sulfonamides is 1. The molecule has 2 heterocycles. The molecule has 0 aliphatic carbocycles. The number of rotatable bonds is 3. The Labute approximate surface area is 151 Å². The average molecular weight is 383 g/mol. The lowest BCUT2D eigenvalue weighted by Crippen LogP contribution is -2.30. The van der Waals surface area contributed by atoms with E-state index in [9.17, 15) is 18.3 Å². The Bertz CT molecular complexity index is 928.